The van der Waals surface area contributed by atoms with E-state index >= 15 is 0 Å². The molecule has 1 aromatic carbocycles. The maximum Gasteiger partial charge on any atom is 0.330 e. The predicted octanol–water partition coefficient (Wildman–Crippen LogP) is 4.33. The van der Waals surface area contributed by atoms with Crippen LogP contribution >= 0.6 is 47.8 Å². The van der Waals surface area contributed by atoms with Crippen LogP contribution in [0.15, 0.2) is 37.7 Å². The first-order chi connectivity index (χ1) is 7.25. The van der Waals surface area contributed by atoms with Crippen LogP contribution in [0, 0.1) is 0 Å². The van der Waals surface area contributed by atoms with Crippen molar-refractivity contribution in [3.8, 4) is 5.75 Å². The second-order valence-electron chi connectivity index (χ2n) is 2.80. The van der Waals surface area contributed by atoms with E-state index in [0.717, 1.165) is 4.47 Å². The minimum atomic E-state index is -0.935. The number of rotatable bonds is 1. The Hall–Kier alpha value is -0.330. The second-order valence-corrected chi connectivity index (χ2v) is 5.43. The highest BCUT2D eigenvalue weighted by atomic mass is 79.9. The van der Waals surface area contributed by atoms with Gasteiger partial charge in [0.1, 0.15) is 5.75 Å². The second kappa shape index (κ2) is 7.09. The van der Waals surface area contributed by atoms with Crippen LogP contribution in [0.1, 0.15) is 6.92 Å². The van der Waals surface area contributed by atoms with Gasteiger partial charge in [0.25, 0.3) is 0 Å². The van der Waals surface area contributed by atoms with Crippen LogP contribution in [-0.4, -0.2) is 16.2 Å². The molecule has 16 heavy (non-hydrogen) atoms. The van der Waals surface area contributed by atoms with Gasteiger partial charge in [-0.05, 0) is 50.9 Å². The number of aromatic hydroxyl groups is 1. The summed E-state index contributed by atoms with van der Waals surface area (Å²) < 4.78 is 2.27. The quantitative estimate of drug-likeness (QED) is 0.670. The minimum absolute atomic E-state index is 0.176. The lowest BCUT2D eigenvalue weighted by Crippen LogP contribution is -1.92. The first-order valence-corrected chi connectivity index (χ1v) is 6.36. The molecule has 0 unspecified atom stereocenters. The van der Waals surface area contributed by atoms with Crippen molar-refractivity contribution in [2.24, 2.45) is 0 Å². The highest BCUT2D eigenvalue weighted by Gasteiger charge is 2.02. The van der Waals surface area contributed by atoms with Crippen LogP contribution in [0.4, 0.5) is 0 Å². The smallest absolute Gasteiger partial charge is 0.330 e. The number of carbonyl (C=O) groups is 1. The maximum atomic E-state index is 9.60. The third kappa shape index (κ3) is 5.67. The summed E-state index contributed by atoms with van der Waals surface area (Å²) in [4.78, 5) is 9.60. The maximum absolute atomic E-state index is 9.60. The van der Waals surface area contributed by atoms with Crippen molar-refractivity contribution in [3.05, 3.63) is 37.7 Å². The van der Waals surface area contributed by atoms with Gasteiger partial charge in [0.05, 0.1) is 8.95 Å². The summed E-state index contributed by atoms with van der Waals surface area (Å²) in [6.07, 6.45) is 0. The molecular weight excluding hydrogens is 408 g/mol. The molecule has 0 heterocycles. The van der Waals surface area contributed by atoms with Crippen LogP contribution in [0.3, 0.4) is 0 Å². The van der Waals surface area contributed by atoms with Gasteiger partial charge in [-0.25, -0.2) is 4.79 Å². The Morgan fingerprint density at radius 3 is 1.81 bits per heavy atom. The van der Waals surface area contributed by atoms with Crippen LogP contribution < -0.4 is 0 Å². The van der Waals surface area contributed by atoms with Gasteiger partial charge in [0, 0.05) is 10.0 Å². The van der Waals surface area contributed by atoms with E-state index in [1.165, 1.54) is 6.92 Å². The molecule has 0 aliphatic carbocycles. The topological polar surface area (TPSA) is 57.5 Å². The van der Waals surface area contributed by atoms with Gasteiger partial charge in [-0.3, -0.25) is 0 Å². The summed E-state index contributed by atoms with van der Waals surface area (Å²) in [6, 6.07) is 3.56. The summed E-state index contributed by atoms with van der Waals surface area (Å²) in [7, 11) is 0. The lowest BCUT2D eigenvalue weighted by atomic mass is 10.3. The summed E-state index contributed by atoms with van der Waals surface area (Å²) in [6.45, 7) is 4.60. The zero-order chi connectivity index (χ0) is 12.9. The molecule has 0 spiro atoms. The fourth-order valence-corrected chi connectivity index (χ4v) is 2.79. The Kier molecular flexibility index (Phi) is 6.94. The van der Waals surface area contributed by atoms with Crippen molar-refractivity contribution >= 4 is 53.8 Å². The molecule has 6 heteroatoms. The molecule has 0 bridgehead atoms. The fraction of sp³-hybridized carbons (Fsp3) is 0.100. The SMILES string of the molecule is C=C(C)C(=O)O.Oc1c(Br)cc(Br)cc1Br. The number of carboxylic acid groups (broad SMARTS) is 1. The van der Waals surface area contributed by atoms with Gasteiger partial charge < -0.3 is 10.2 Å². The predicted molar refractivity (Wildman–Crippen MR) is 73.7 cm³/mol. The average Bonchev–Trinajstić information content (AvgIpc) is 2.14. The van der Waals surface area contributed by atoms with Crippen molar-refractivity contribution < 1.29 is 15.0 Å². The van der Waals surface area contributed by atoms with E-state index in [-0.39, 0.29) is 11.3 Å². The standard InChI is InChI=1S/C6H3Br3O.C4H6O2/c7-3-1-4(8)6(10)5(9)2-3;1-3(2)4(5)6/h1-2,10H;1H2,2H3,(H,5,6). The molecule has 0 aliphatic rings. The zero-order valence-corrected chi connectivity index (χ0v) is 13.1. The van der Waals surface area contributed by atoms with Crippen molar-refractivity contribution in [2.75, 3.05) is 0 Å². The first-order valence-electron chi connectivity index (χ1n) is 3.98. The molecule has 0 saturated heterocycles. The number of hydrogen-bond donors (Lipinski definition) is 2. The summed E-state index contributed by atoms with van der Waals surface area (Å²) in [5, 5.41) is 17.1. The van der Waals surface area contributed by atoms with Gasteiger partial charge >= 0.3 is 5.97 Å². The van der Waals surface area contributed by atoms with E-state index in [2.05, 4.69) is 54.4 Å². The molecule has 0 aromatic heterocycles. The molecular formula is C10H9Br3O3. The molecule has 0 radical (unpaired) electrons. The summed E-state index contributed by atoms with van der Waals surface area (Å²) in [5.74, 6) is -0.710. The van der Waals surface area contributed by atoms with Gasteiger partial charge in [-0.2, -0.15) is 0 Å². The normalized spacial score (nSPS) is 9.00. The average molecular weight is 417 g/mol. The van der Waals surface area contributed by atoms with Crippen molar-refractivity contribution in [3.63, 3.8) is 0 Å². The highest BCUT2D eigenvalue weighted by Crippen LogP contribution is 2.34. The molecule has 0 fully saturated rings. The molecule has 0 aliphatic heterocycles. The first kappa shape index (κ1) is 15.7. The molecule has 1 rings (SSSR count). The van der Waals surface area contributed by atoms with Gasteiger partial charge in [-0.1, -0.05) is 22.5 Å². The molecule has 1 aromatic rings. The fourth-order valence-electron chi connectivity index (χ4n) is 0.535. The number of carboxylic acids is 1. The lowest BCUT2D eigenvalue weighted by Gasteiger charge is -1.99. The Morgan fingerprint density at radius 2 is 1.56 bits per heavy atom. The Morgan fingerprint density at radius 1 is 1.25 bits per heavy atom. The molecule has 88 valence electrons. The minimum Gasteiger partial charge on any atom is -0.506 e. The van der Waals surface area contributed by atoms with E-state index in [9.17, 15) is 9.90 Å². The van der Waals surface area contributed by atoms with Crippen LogP contribution in [0.25, 0.3) is 0 Å². The molecule has 0 amide bonds. The lowest BCUT2D eigenvalue weighted by molar-refractivity contribution is -0.132. The molecule has 3 nitrogen and oxygen atoms in total. The Labute approximate surface area is 119 Å². The van der Waals surface area contributed by atoms with Gasteiger partial charge in [0.15, 0.2) is 0 Å². The van der Waals surface area contributed by atoms with Gasteiger partial charge in [0.2, 0.25) is 0 Å². The third-order valence-corrected chi connectivity index (χ3v) is 3.01. The Balaban J connectivity index is 0.000000325. The molecule has 0 atom stereocenters. The van der Waals surface area contributed by atoms with E-state index in [1.54, 1.807) is 12.1 Å². The summed E-state index contributed by atoms with van der Waals surface area (Å²) in [5.41, 5.74) is 0.176. The molecule has 0 saturated carbocycles. The highest BCUT2D eigenvalue weighted by molar-refractivity contribution is 9.11. The van der Waals surface area contributed by atoms with E-state index in [1.807, 2.05) is 0 Å². The van der Waals surface area contributed by atoms with Crippen LogP contribution in [0.5, 0.6) is 5.75 Å². The number of hydrogen-bond acceptors (Lipinski definition) is 2. The number of phenols is 1. The van der Waals surface area contributed by atoms with E-state index in [4.69, 9.17) is 5.11 Å². The van der Waals surface area contributed by atoms with Crippen LogP contribution in [0.2, 0.25) is 0 Å². The van der Waals surface area contributed by atoms with Crippen molar-refractivity contribution in [1.29, 1.82) is 0 Å². The number of halogens is 3. The van der Waals surface area contributed by atoms with Crippen LogP contribution in [-0.2, 0) is 4.79 Å². The number of benzene rings is 1. The summed E-state index contributed by atoms with van der Waals surface area (Å²) >= 11 is 9.65. The number of phenolic OH excluding ortho intramolecular Hbond substituents is 1. The van der Waals surface area contributed by atoms with Crippen molar-refractivity contribution in [1.82, 2.24) is 0 Å². The number of aliphatic carboxylic acids is 1. The monoisotopic (exact) mass is 414 g/mol. The Bertz CT molecular complexity index is 381. The van der Waals surface area contributed by atoms with Crippen molar-refractivity contribution in [2.45, 2.75) is 6.92 Å². The van der Waals surface area contributed by atoms with E-state index in [0.29, 0.717) is 8.95 Å². The largest absolute Gasteiger partial charge is 0.506 e. The zero-order valence-electron chi connectivity index (χ0n) is 8.30. The van der Waals surface area contributed by atoms with Gasteiger partial charge in [-0.15, -0.1) is 0 Å². The molecule has 2 N–H and O–H groups in total. The van der Waals surface area contributed by atoms with E-state index < -0.39 is 5.97 Å². The third-order valence-electron chi connectivity index (χ3n) is 1.35.